The number of anilines is 1. The molecule has 1 aromatic rings. The Kier molecular flexibility index (Phi) is 2.26. The summed E-state index contributed by atoms with van der Waals surface area (Å²) < 4.78 is 0. The first kappa shape index (κ1) is 9.57. The van der Waals surface area contributed by atoms with Gasteiger partial charge in [-0.3, -0.25) is 0 Å². The van der Waals surface area contributed by atoms with Crippen LogP contribution >= 0.6 is 0 Å². The SMILES string of the molecule is Cc1cc(C)c2c(c1)C(C)C(C)CN2. The highest BCUT2D eigenvalue weighted by molar-refractivity contribution is 5.61. The average molecular weight is 189 g/mol. The molecular weight excluding hydrogens is 170 g/mol. The minimum atomic E-state index is 0.685. The molecule has 0 saturated heterocycles. The summed E-state index contributed by atoms with van der Waals surface area (Å²) in [7, 11) is 0. The standard InChI is InChI=1S/C13H19N/c1-8-5-9(2)13-12(6-8)11(4)10(3)7-14-13/h5-6,10-11,14H,7H2,1-4H3. The lowest BCUT2D eigenvalue weighted by Crippen LogP contribution is -2.24. The molecular formula is C13H19N. The molecule has 0 amide bonds. The van der Waals surface area contributed by atoms with Crippen LogP contribution in [0.4, 0.5) is 5.69 Å². The van der Waals surface area contributed by atoms with Gasteiger partial charge in [-0.05, 0) is 36.8 Å². The number of hydrogen-bond acceptors (Lipinski definition) is 1. The lowest BCUT2D eigenvalue weighted by molar-refractivity contribution is 0.496. The van der Waals surface area contributed by atoms with Gasteiger partial charge in [0.1, 0.15) is 0 Å². The highest BCUT2D eigenvalue weighted by atomic mass is 14.9. The van der Waals surface area contributed by atoms with Gasteiger partial charge < -0.3 is 5.32 Å². The topological polar surface area (TPSA) is 12.0 Å². The van der Waals surface area contributed by atoms with E-state index in [9.17, 15) is 0 Å². The minimum absolute atomic E-state index is 0.685. The third kappa shape index (κ3) is 1.41. The molecule has 2 rings (SSSR count). The maximum atomic E-state index is 3.54. The second-order valence-corrected chi connectivity index (χ2v) is 4.69. The Morgan fingerprint density at radius 1 is 1.21 bits per heavy atom. The first-order valence-electron chi connectivity index (χ1n) is 5.44. The number of aryl methyl sites for hydroxylation is 2. The first-order valence-corrected chi connectivity index (χ1v) is 5.44. The van der Waals surface area contributed by atoms with Crippen molar-refractivity contribution in [3.05, 3.63) is 28.8 Å². The van der Waals surface area contributed by atoms with E-state index < -0.39 is 0 Å². The average Bonchev–Trinajstić information content (AvgIpc) is 2.12. The molecule has 76 valence electrons. The predicted octanol–water partition coefficient (Wildman–Crippen LogP) is 3.47. The zero-order valence-electron chi connectivity index (χ0n) is 9.52. The van der Waals surface area contributed by atoms with E-state index in [1.165, 1.54) is 22.4 Å². The molecule has 0 aromatic heterocycles. The van der Waals surface area contributed by atoms with Gasteiger partial charge in [0.25, 0.3) is 0 Å². The van der Waals surface area contributed by atoms with Crippen molar-refractivity contribution >= 4 is 5.69 Å². The van der Waals surface area contributed by atoms with Crippen molar-refractivity contribution in [1.82, 2.24) is 0 Å². The fourth-order valence-corrected chi connectivity index (χ4v) is 2.35. The zero-order valence-corrected chi connectivity index (χ0v) is 9.52. The van der Waals surface area contributed by atoms with Crippen LogP contribution in [0.3, 0.4) is 0 Å². The van der Waals surface area contributed by atoms with Gasteiger partial charge in [-0.2, -0.15) is 0 Å². The van der Waals surface area contributed by atoms with Crippen LogP contribution in [0.2, 0.25) is 0 Å². The van der Waals surface area contributed by atoms with Gasteiger partial charge in [0.05, 0.1) is 0 Å². The highest BCUT2D eigenvalue weighted by Gasteiger charge is 2.23. The van der Waals surface area contributed by atoms with Crippen LogP contribution in [0.1, 0.15) is 36.5 Å². The molecule has 1 heteroatoms. The Morgan fingerprint density at radius 2 is 1.93 bits per heavy atom. The van der Waals surface area contributed by atoms with Crippen molar-refractivity contribution in [2.24, 2.45) is 5.92 Å². The summed E-state index contributed by atoms with van der Waals surface area (Å²) >= 11 is 0. The largest absolute Gasteiger partial charge is 0.384 e. The fourth-order valence-electron chi connectivity index (χ4n) is 2.35. The minimum Gasteiger partial charge on any atom is -0.384 e. The summed E-state index contributed by atoms with van der Waals surface area (Å²) in [6, 6.07) is 4.59. The summed E-state index contributed by atoms with van der Waals surface area (Å²) in [5.41, 5.74) is 5.64. The molecule has 2 atom stereocenters. The molecule has 0 aliphatic carbocycles. The number of nitrogens with one attached hydrogen (secondary N) is 1. The molecule has 0 bridgehead atoms. The number of fused-ring (bicyclic) bond motifs is 1. The molecule has 0 spiro atoms. The van der Waals surface area contributed by atoms with E-state index in [1.54, 1.807) is 0 Å². The first-order chi connectivity index (χ1) is 6.59. The quantitative estimate of drug-likeness (QED) is 0.659. The highest BCUT2D eigenvalue weighted by Crippen LogP contribution is 2.37. The van der Waals surface area contributed by atoms with Crippen LogP contribution in [-0.2, 0) is 0 Å². The number of hydrogen-bond donors (Lipinski definition) is 1. The molecule has 1 heterocycles. The third-order valence-electron chi connectivity index (χ3n) is 3.46. The lowest BCUT2D eigenvalue weighted by Gasteiger charge is -2.31. The van der Waals surface area contributed by atoms with Crippen molar-refractivity contribution < 1.29 is 0 Å². The van der Waals surface area contributed by atoms with Gasteiger partial charge >= 0.3 is 0 Å². The normalized spacial score (nSPS) is 25.4. The van der Waals surface area contributed by atoms with Gasteiger partial charge in [0, 0.05) is 12.2 Å². The van der Waals surface area contributed by atoms with Crippen LogP contribution in [-0.4, -0.2) is 6.54 Å². The van der Waals surface area contributed by atoms with Crippen LogP contribution in [0.15, 0.2) is 12.1 Å². The maximum Gasteiger partial charge on any atom is 0.0405 e. The van der Waals surface area contributed by atoms with Crippen LogP contribution < -0.4 is 5.32 Å². The summed E-state index contributed by atoms with van der Waals surface area (Å²) in [5, 5.41) is 3.54. The molecule has 0 fully saturated rings. The van der Waals surface area contributed by atoms with E-state index in [0.717, 1.165) is 12.5 Å². The Balaban J connectivity index is 2.54. The van der Waals surface area contributed by atoms with Crippen molar-refractivity contribution in [3.8, 4) is 0 Å². The van der Waals surface area contributed by atoms with E-state index in [2.05, 4.69) is 45.1 Å². The lowest BCUT2D eigenvalue weighted by atomic mass is 9.83. The van der Waals surface area contributed by atoms with Gasteiger partial charge in [-0.25, -0.2) is 0 Å². The summed E-state index contributed by atoms with van der Waals surface area (Å²) in [6.07, 6.45) is 0. The molecule has 14 heavy (non-hydrogen) atoms. The predicted molar refractivity (Wildman–Crippen MR) is 62.0 cm³/mol. The van der Waals surface area contributed by atoms with Crippen LogP contribution in [0.5, 0.6) is 0 Å². The Labute approximate surface area is 86.5 Å². The Hall–Kier alpha value is -0.980. The molecule has 0 radical (unpaired) electrons. The summed E-state index contributed by atoms with van der Waals surface area (Å²) in [6.45, 7) is 10.1. The van der Waals surface area contributed by atoms with Crippen LogP contribution in [0.25, 0.3) is 0 Å². The van der Waals surface area contributed by atoms with Gasteiger partial charge in [-0.15, -0.1) is 0 Å². The monoisotopic (exact) mass is 189 g/mol. The van der Waals surface area contributed by atoms with Crippen molar-refractivity contribution in [2.75, 3.05) is 11.9 Å². The molecule has 1 nitrogen and oxygen atoms in total. The van der Waals surface area contributed by atoms with Gasteiger partial charge in [0.15, 0.2) is 0 Å². The van der Waals surface area contributed by atoms with Crippen molar-refractivity contribution in [1.29, 1.82) is 0 Å². The Bertz CT molecular complexity index is 354. The third-order valence-corrected chi connectivity index (χ3v) is 3.46. The summed E-state index contributed by atoms with van der Waals surface area (Å²) in [4.78, 5) is 0. The van der Waals surface area contributed by atoms with E-state index in [0.29, 0.717) is 5.92 Å². The zero-order chi connectivity index (χ0) is 10.3. The number of benzene rings is 1. The van der Waals surface area contributed by atoms with Crippen molar-refractivity contribution in [2.45, 2.75) is 33.6 Å². The molecule has 1 aliphatic rings. The van der Waals surface area contributed by atoms with E-state index >= 15 is 0 Å². The van der Waals surface area contributed by atoms with Crippen LogP contribution in [0, 0.1) is 19.8 Å². The number of rotatable bonds is 0. The van der Waals surface area contributed by atoms with E-state index in [-0.39, 0.29) is 0 Å². The van der Waals surface area contributed by atoms with E-state index in [4.69, 9.17) is 0 Å². The van der Waals surface area contributed by atoms with Crippen molar-refractivity contribution in [3.63, 3.8) is 0 Å². The molecule has 1 aromatic carbocycles. The Morgan fingerprint density at radius 3 is 2.64 bits per heavy atom. The fraction of sp³-hybridized carbons (Fsp3) is 0.538. The van der Waals surface area contributed by atoms with Gasteiger partial charge in [-0.1, -0.05) is 31.5 Å². The molecule has 1 N–H and O–H groups in total. The smallest absolute Gasteiger partial charge is 0.0405 e. The second kappa shape index (κ2) is 3.30. The maximum absolute atomic E-state index is 3.54. The summed E-state index contributed by atoms with van der Waals surface area (Å²) in [5.74, 6) is 1.42. The molecule has 2 unspecified atom stereocenters. The molecule has 0 saturated carbocycles. The second-order valence-electron chi connectivity index (χ2n) is 4.69. The van der Waals surface area contributed by atoms with Gasteiger partial charge in [0.2, 0.25) is 0 Å². The molecule has 1 aliphatic heterocycles. The van der Waals surface area contributed by atoms with E-state index in [1.807, 2.05) is 0 Å².